The molecule has 0 spiro atoms. The van der Waals surface area contributed by atoms with Gasteiger partial charge in [0.1, 0.15) is 6.10 Å². The van der Waals surface area contributed by atoms with Crippen LogP contribution < -0.4 is 4.74 Å². The normalized spacial score (nSPS) is 15.0. The van der Waals surface area contributed by atoms with E-state index in [4.69, 9.17) is 4.74 Å². The van der Waals surface area contributed by atoms with Crippen LogP contribution in [0.1, 0.15) is 11.1 Å². The van der Waals surface area contributed by atoms with E-state index in [9.17, 15) is 18.0 Å². The zero-order valence-corrected chi connectivity index (χ0v) is 12.7. The molecule has 1 fully saturated rings. The molecule has 126 valence electrons. The second-order valence-electron chi connectivity index (χ2n) is 5.58. The van der Waals surface area contributed by atoms with Gasteiger partial charge < -0.3 is 9.64 Å². The zero-order valence-electron chi connectivity index (χ0n) is 12.7. The van der Waals surface area contributed by atoms with Crippen molar-refractivity contribution >= 4 is 5.91 Å². The van der Waals surface area contributed by atoms with Crippen molar-refractivity contribution < 1.29 is 22.7 Å². The summed E-state index contributed by atoms with van der Waals surface area (Å²) in [6, 6.07) is 11.1. The van der Waals surface area contributed by atoms with Gasteiger partial charge >= 0.3 is 6.18 Å². The summed E-state index contributed by atoms with van der Waals surface area (Å²) in [5.41, 5.74) is 0.121. The third-order valence-corrected chi connectivity index (χ3v) is 3.75. The van der Waals surface area contributed by atoms with Gasteiger partial charge in [0, 0.05) is 12.3 Å². The highest BCUT2D eigenvalue weighted by Crippen LogP contribution is 2.31. The molecule has 1 saturated heterocycles. The number of hydrogen-bond acceptors (Lipinski definition) is 3. The number of amides is 1. The molecule has 1 aromatic carbocycles. The molecule has 3 rings (SSSR count). The van der Waals surface area contributed by atoms with Crippen molar-refractivity contribution in [1.29, 1.82) is 0 Å². The SMILES string of the molecule is O=C(Cc1ccccc1)N1CC(Oc2cc(C(F)(F)F)ccn2)C1. The fourth-order valence-electron chi connectivity index (χ4n) is 2.42. The van der Waals surface area contributed by atoms with Gasteiger partial charge in [0.15, 0.2) is 0 Å². The van der Waals surface area contributed by atoms with Gasteiger partial charge in [-0.1, -0.05) is 30.3 Å². The average molecular weight is 336 g/mol. The van der Waals surface area contributed by atoms with E-state index in [0.29, 0.717) is 19.5 Å². The molecule has 2 heterocycles. The zero-order chi connectivity index (χ0) is 17.2. The van der Waals surface area contributed by atoms with Crippen LogP contribution in [0.5, 0.6) is 5.88 Å². The minimum atomic E-state index is -4.43. The van der Waals surface area contributed by atoms with Crippen molar-refractivity contribution in [3.63, 3.8) is 0 Å². The molecule has 0 unspecified atom stereocenters. The number of hydrogen-bond donors (Lipinski definition) is 0. The summed E-state index contributed by atoms with van der Waals surface area (Å²) in [5.74, 6) is -0.108. The number of nitrogens with zero attached hydrogens (tertiary/aromatic N) is 2. The van der Waals surface area contributed by atoms with Gasteiger partial charge in [0.05, 0.1) is 25.1 Å². The molecule has 1 amide bonds. The molecular weight excluding hydrogens is 321 g/mol. The van der Waals surface area contributed by atoms with Gasteiger partial charge in [0.2, 0.25) is 11.8 Å². The summed E-state index contributed by atoms with van der Waals surface area (Å²) >= 11 is 0. The average Bonchev–Trinajstić information content (AvgIpc) is 2.51. The van der Waals surface area contributed by atoms with E-state index < -0.39 is 11.7 Å². The van der Waals surface area contributed by atoms with Gasteiger partial charge in [0.25, 0.3) is 0 Å². The Labute approximate surface area is 136 Å². The molecule has 1 aliphatic rings. The van der Waals surface area contributed by atoms with Crippen LogP contribution in [-0.2, 0) is 17.4 Å². The topological polar surface area (TPSA) is 42.4 Å². The van der Waals surface area contributed by atoms with E-state index in [1.165, 1.54) is 0 Å². The summed E-state index contributed by atoms with van der Waals surface area (Å²) in [6.07, 6.45) is -3.40. The number of benzene rings is 1. The molecule has 0 N–H and O–H groups in total. The first-order valence-electron chi connectivity index (χ1n) is 7.43. The minimum absolute atomic E-state index is 0.0296. The van der Waals surface area contributed by atoms with E-state index in [-0.39, 0.29) is 17.9 Å². The van der Waals surface area contributed by atoms with E-state index >= 15 is 0 Å². The number of rotatable bonds is 4. The van der Waals surface area contributed by atoms with E-state index in [1.54, 1.807) is 4.90 Å². The number of carbonyl (C=O) groups is 1. The smallest absolute Gasteiger partial charge is 0.416 e. The lowest BCUT2D eigenvalue weighted by molar-refractivity contribution is -0.139. The largest absolute Gasteiger partial charge is 0.471 e. The van der Waals surface area contributed by atoms with Gasteiger partial charge in [-0.25, -0.2) is 4.98 Å². The summed E-state index contributed by atoms with van der Waals surface area (Å²) in [7, 11) is 0. The van der Waals surface area contributed by atoms with Crippen LogP contribution in [0.4, 0.5) is 13.2 Å². The molecule has 24 heavy (non-hydrogen) atoms. The van der Waals surface area contributed by atoms with Gasteiger partial charge in [-0.3, -0.25) is 4.79 Å². The maximum absolute atomic E-state index is 12.6. The quantitative estimate of drug-likeness (QED) is 0.862. The van der Waals surface area contributed by atoms with Crippen molar-refractivity contribution in [1.82, 2.24) is 9.88 Å². The third kappa shape index (κ3) is 3.84. The summed E-state index contributed by atoms with van der Waals surface area (Å²) in [5, 5.41) is 0. The molecule has 2 aromatic rings. The first kappa shape index (κ1) is 16.3. The van der Waals surface area contributed by atoms with E-state index in [1.807, 2.05) is 30.3 Å². The Bertz CT molecular complexity index is 713. The standard InChI is InChI=1S/C17H15F3N2O2/c18-17(19,20)13-6-7-21-15(9-13)24-14-10-22(11-14)16(23)8-12-4-2-1-3-5-12/h1-7,9,14H,8,10-11H2. The summed E-state index contributed by atoms with van der Waals surface area (Å²) in [6.45, 7) is 0.702. The molecule has 0 bridgehead atoms. The summed E-state index contributed by atoms with van der Waals surface area (Å²) in [4.78, 5) is 17.5. The van der Waals surface area contributed by atoms with Gasteiger partial charge in [-0.2, -0.15) is 13.2 Å². The molecule has 0 aliphatic carbocycles. The van der Waals surface area contributed by atoms with Crippen LogP contribution in [-0.4, -0.2) is 35.0 Å². The fourth-order valence-corrected chi connectivity index (χ4v) is 2.42. The predicted octanol–water partition coefficient (Wildman–Crippen LogP) is 2.93. The molecule has 1 aliphatic heterocycles. The first-order chi connectivity index (χ1) is 11.4. The summed E-state index contributed by atoms with van der Waals surface area (Å²) < 4.78 is 43.3. The molecule has 0 atom stereocenters. The number of pyridine rings is 1. The van der Waals surface area contributed by atoms with Crippen LogP contribution in [0.15, 0.2) is 48.7 Å². The van der Waals surface area contributed by atoms with E-state index in [0.717, 1.165) is 23.9 Å². The Hall–Kier alpha value is -2.57. The lowest BCUT2D eigenvalue weighted by Gasteiger charge is -2.38. The Morgan fingerprint density at radius 2 is 1.92 bits per heavy atom. The molecule has 4 nitrogen and oxygen atoms in total. The van der Waals surface area contributed by atoms with Crippen molar-refractivity contribution in [3.05, 3.63) is 59.8 Å². The number of carbonyl (C=O) groups excluding carboxylic acids is 1. The maximum Gasteiger partial charge on any atom is 0.416 e. The first-order valence-corrected chi connectivity index (χ1v) is 7.43. The molecule has 7 heteroatoms. The molecule has 1 aromatic heterocycles. The number of aromatic nitrogens is 1. The highest BCUT2D eigenvalue weighted by Gasteiger charge is 2.34. The third-order valence-electron chi connectivity index (χ3n) is 3.75. The van der Waals surface area contributed by atoms with Crippen molar-refractivity contribution in [2.75, 3.05) is 13.1 Å². The van der Waals surface area contributed by atoms with Crippen LogP contribution in [0.25, 0.3) is 0 Å². The van der Waals surface area contributed by atoms with Crippen molar-refractivity contribution in [3.8, 4) is 5.88 Å². The van der Waals surface area contributed by atoms with Crippen molar-refractivity contribution in [2.45, 2.75) is 18.7 Å². The minimum Gasteiger partial charge on any atom is -0.471 e. The number of halogens is 3. The Kier molecular flexibility index (Phi) is 4.42. The Balaban J connectivity index is 1.51. The molecule has 0 saturated carbocycles. The molecule has 0 radical (unpaired) electrons. The van der Waals surface area contributed by atoms with Crippen LogP contribution in [0.2, 0.25) is 0 Å². The predicted molar refractivity (Wildman–Crippen MR) is 80.4 cm³/mol. The lowest BCUT2D eigenvalue weighted by atomic mass is 10.1. The van der Waals surface area contributed by atoms with Crippen LogP contribution in [0, 0.1) is 0 Å². The maximum atomic E-state index is 12.6. The van der Waals surface area contributed by atoms with E-state index in [2.05, 4.69) is 4.98 Å². The Morgan fingerprint density at radius 1 is 1.21 bits per heavy atom. The second kappa shape index (κ2) is 6.51. The monoisotopic (exact) mass is 336 g/mol. The molecular formula is C17H15F3N2O2. The second-order valence-corrected chi connectivity index (χ2v) is 5.58. The van der Waals surface area contributed by atoms with Crippen LogP contribution in [0.3, 0.4) is 0 Å². The highest BCUT2D eigenvalue weighted by atomic mass is 19.4. The highest BCUT2D eigenvalue weighted by molar-refractivity contribution is 5.79. The van der Waals surface area contributed by atoms with Crippen LogP contribution >= 0.6 is 0 Å². The van der Waals surface area contributed by atoms with Gasteiger partial charge in [-0.15, -0.1) is 0 Å². The Morgan fingerprint density at radius 3 is 2.58 bits per heavy atom. The number of alkyl halides is 3. The number of ether oxygens (including phenoxy) is 1. The number of likely N-dealkylation sites (tertiary alicyclic amines) is 1. The van der Waals surface area contributed by atoms with Gasteiger partial charge in [-0.05, 0) is 11.6 Å². The fraction of sp³-hybridized carbons (Fsp3) is 0.294. The van der Waals surface area contributed by atoms with Crippen molar-refractivity contribution in [2.24, 2.45) is 0 Å². The lowest BCUT2D eigenvalue weighted by Crippen LogP contribution is -2.56.